The molecule has 31 heavy (non-hydrogen) atoms. The van der Waals surface area contributed by atoms with Gasteiger partial charge in [-0.05, 0) is 36.1 Å². The van der Waals surface area contributed by atoms with E-state index in [1.54, 1.807) is 16.2 Å². The molecule has 0 spiro atoms. The Morgan fingerprint density at radius 3 is 2.61 bits per heavy atom. The van der Waals surface area contributed by atoms with E-state index in [4.69, 9.17) is 0 Å². The summed E-state index contributed by atoms with van der Waals surface area (Å²) in [5.74, 6) is -0.266. The smallest absolute Gasteiger partial charge is 0.271 e. The van der Waals surface area contributed by atoms with E-state index in [9.17, 15) is 9.59 Å². The van der Waals surface area contributed by atoms with E-state index in [0.29, 0.717) is 25.3 Å². The van der Waals surface area contributed by atoms with Crippen LogP contribution >= 0.6 is 11.3 Å². The lowest BCUT2D eigenvalue weighted by molar-refractivity contribution is -0.133. The van der Waals surface area contributed by atoms with Crippen molar-refractivity contribution in [3.05, 3.63) is 94.3 Å². The van der Waals surface area contributed by atoms with Crippen molar-refractivity contribution in [2.24, 2.45) is 0 Å². The Morgan fingerprint density at radius 2 is 1.84 bits per heavy atom. The molecule has 1 aliphatic heterocycles. The number of carbonyl (C=O) groups excluding carboxylic acids is 2. The highest BCUT2D eigenvalue weighted by atomic mass is 32.1. The molecule has 0 fully saturated rings. The predicted octanol–water partition coefficient (Wildman–Crippen LogP) is 4.43. The number of benzene rings is 2. The molecular formula is C25H23N3O2S. The number of fused-ring (bicyclic) bond motifs is 3. The van der Waals surface area contributed by atoms with E-state index in [-0.39, 0.29) is 11.8 Å². The van der Waals surface area contributed by atoms with E-state index in [0.717, 1.165) is 21.3 Å². The first kappa shape index (κ1) is 19.6. The summed E-state index contributed by atoms with van der Waals surface area (Å²) in [4.78, 5) is 30.0. The Kier molecular flexibility index (Phi) is 4.87. The lowest BCUT2D eigenvalue weighted by Gasteiger charge is -2.44. The van der Waals surface area contributed by atoms with Crippen LogP contribution in [-0.2, 0) is 24.4 Å². The first-order chi connectivity index (χ1) is 15.1. The van der Waals surface area contributed by atoms with Gasteiger partial charge in [0.15, 0.2) is 0 Å². The molecule has 1 aliphatic rings. The van der Waals surface area contributed by atoms with Gasteiger partial charge in [0, 0.05) is 22.3 Å². The van der Waals surface area contributed by atoms with Crippen LogP contribution in [0.15, 0.2) is 78.2 Å². The van der Waals surface area contributed by atoms with E-state index in [1.165, 1.54) is 0 Å². The van der Waals surface area contributed by atoms with Gasteiger partial charge in [-0.1, -0.05) is 54.6 Å². The van der Waals surface area contributed by atoms with Gasteiger partial charge in [0.05, 0.1) is 13.1 Å². The van der Waals surface area contributed by atoms with Crippen LogP contribution in [0.5, 0.6) is 0 Å². The summed E-state index contributed by atoms with van der Waals surface area (Å²) in [6, 6.07) is 23.7. The van der Waals surface area contributed by atoms with Crippen molar-refractivity contribution in [2.75, 3.05) is 0 Å². The van der Waals surface area contributed by atoms with Crippen LogP contribution in [0.4, 0.5) is 0 Å². The summed E-state index contributed by atoms with van der Waals surface area (Å²) in [5.41, 5.74) is 1.62. The maximum absolute atomic E-state index is 13.6. The number of hydrogen-bond acceptors (Lipinski definition) is 3. The minimum Gasteiger partial charge on any atom is -0.350 e. The molecule has 5 rings (SSSR count). The highest BCUT2D eigenvalue weighted by Crippen LogP contribution is 2.34. The van der Waals surface area contributed by atoms with Crippen LogP contribution in [0, 0.1) is 0 Å². The number of nitrogens with zero attached hydrogens (tertiary/aromatic N) is 2. The standard InChI is InChI=1S/C25H23N3O2S/c1-25(24(30)26-15-18-8-3-2-4-9-18)17-27-21-12-6-5-10-19(21)14-22(27)23(29)28(25)16-20-11-7-13-31-20/h2-14H,15-17H2,1H3,(H,26,30)/t25-/m0/s1. The second kappa shape index (κ2) is 7.71. The molecule has 4 aromatic rings. The zero-order chi connectivity index (χ0) is 21.4. The van der Waals surface area contributed by atoms with Crippen LogP contribution in [0.25, 0.3) is 10.9 Å². The fourth-order valence-electron chi connectivity index (χ4n) is 4.28. The second-order valence-electron chi connectivity index (χ2n) is 8.09. The first-order valence-electron chi connectivity index (χ1n) is 10.3. The van der Waals surface area contributed by atoms with Gasteiger partial charge in [-0.3, -0.25) is 9.59 Å². The monoisotopic (exact) mass is 429 g/mol. The number of amides is 2. The van der Waals surface area contributed by atoms with Crippen LogP contribution in [0.2, 0.25) is 0 Å². The highest BCUT2D eigenvalue weighted by Gasteiger charge is 2.47. The molecule has 1 N–H and O–H groups in total. The minimum absolute atomic E-state index is 0.117. The Morgan fingerprint density at radius 1 is 1.06 bits per heavy atom. The molecule has 1 atom stereocenters. The summed E-state index contributed by atoms with van der Waals surface area (Å²) in [6.07, 6.45) is 0. The highest BCUT2D eigenvalue weighted by molar-refractivity contribution is 7.09. The summed E-state index contributed by atoms with van der Waals surface area (Å²) in [5, 5.41) is 6.07. The Labute approximate surface area is 184 Å². The molecule has 2 aromatic heterocycles. The van der Waals surface area contributed by atoms with Gasteiger partial charge in [0.1, 0.15) is 11.2 Å². The molecule has 2 aromatic carbocycles. The van der Waals surface area contributed by atoms with Crippen LogP contribution in [0.1, 0.15) is 27.9 Å². The van der Waals surface area contributed by atoms with Crippen molar-refractivity contribution in [3.63, 3.8) is 0 Å². The summed E-state index contributed by atoms with van der Waals surface area (Å²) >= 11 is 1.60. The lowest BCUT2D eigenvalue weighted by atomic mass is 9.94. The fourth-order valence-corrected chi connectivity index (χ4v) is 4.97. The van der Waals surface area contributed by atoms with E-state index >= 15 is 0 Å². The number of carbonyl (C=O) groups is 2. The number of hydrogen-bond donors (Lipinski definition) is 1. The lowest BCUT2D eigenvalue weighted by Crippen LogP contribution is -2.63. The molecule has 0 aliphatic carbocycles. The van der Waals surface area contributed by atoms with Gasteiger partial charge in [-0.15, -0.1) is 11.3 Å². The first-order valence-corrected chi connectivity index (χ1v) is 11.2. The molecule has 0 bridgehead atoms. The number of nitrogens with one attached hydrogen (secondary N) is 1. The van der Waals surface area contributed by atoms with E-state index in [1.807, 2.05) is 89.7 Å². The number of rotatable bonds is 5. The van der Waals surface area contributed by atoms with Gasteiger partial charge in [0.25, 0.3) is 5.91 Å². The van der Waals surface area contributed by atoms with Crippen molar-refractivity contribution in [1.82, 2.24) is 14.8 Å². The average Bonchev–Trinajstić information content (AvgIpc) is 3.44. The van der Waals surface area contributed by atoms with Gasteiger partial charge in [0.2, 0.25) is 5.91 Å². The Balaban J connectivity index is 1.53. The van der Waals surface area contributed by atoms with Crippen LogP contribution in [0.3, 0.4) is 0 Å². The second-order valence-corrected chi connectivity index (χ2v) is 9.12. The van der Waals surface area contributed by atoms with Gasteiger partial charge >= 0.3 is 0 Å². The van der Waals surface area contributed by atoms with Gasteiger partial charge in [-0.2, -0.15) is 0 Å². The molecule has 0 unspecified atom stereocenters. The summed E-state index contributed by atoms with van der Waals surface area (Å²) < 4.78 is 1.99. The molecule has 2 amide bonds. The predicted molar refractivity (Wildman–Crippen MR) is 123 cm³/mol. The number of aromatic nitrogens is 1. The summed E-state index contributed by atoms with van der Waals surface area (Å²) in [6.45, 7) is 3.12. The zero-order valence-electron chi connectivity index (χ0n) is 17.2. The van der Waals surface area contributed by atoms with Gasteiger partial charge < -0.3 is 14.8 Å². The quantitative estimate of drug-likeness (QED) is 0.510. The Bertz CT molecular complexity index is 1250. The van der Waals surface area contributed by atoms with E-state index in [2.05, 4.69) is 5.32 Å². The third-order valence-electron chi connectivity index (χ3n) is 6.02. The van der Waals surface area contributed by atoms with Crippen molar-refractivity contribution in [1.29, 1.82) is 0 Å². The molecule has 6 heteroatoms. The van der Waals surface area contributed by atoms with E-state index < -0.39 is 5.54 Å². The molecule has 0 radical (unpaired) electrons. The topological polar surface area (TPSA) is 54.3 Å². The largest absolute Gasteiger partial charge is 0.350 e. The molecule has 0 saturated heterocycles. The molecule has 0 saturated carbocycles. The zero-order valence-corrected chi connectivity index (χ0v) is 18.1. The maximum Gasteiger partial charge on any atom is 0.271 e. The summed E-state index contributed by atoms with van der Waals surface area (Å²) in [7, 11) is 0. The van der Waals surface area contributed by atoms with Crippen LogP contribution < -0.4 is 5.32 Å². The average molecular weight is 430 g/mol. The third kappa shape index (κ3) is 3.43. The molecule has 156 valence electrons. The Hall–Kier alpha value is -3.38. The van der Waals surface area contributed by atoms with Crippen molar-refractivity contribution >= 4 is 34.1 Å². The normalized spacial score (nSPS) is 18.2. The van der Waals surface area contributed by atoms with Crippen LogP contribution in [-0.4, -0.2) is 26.8 Å². The maximum atomic E-state index is 13.6. The SMILES string of the molecule is C[C@@]1(C(=O)NCc2ccccc2)Cn2c(cc3ccccc32)C(=O)N1Cc1cccs1. The number of para-hydroxylation sites is 1. The molecule has 3 heterocycles. The van der Waals surface area contributed by atoms with Crippen molar-refractivity contribution < 1.29 is 9.59 Å². The van der Waals surface area contributed by atoms with Crippen molar-refractivity contribution in [3.8, 4) is 0 Å². The fraction of sp³-hybridized carbons (Fsp3) is 0.200. The van der Waals surface area contributed by atoms with Gasteiger partial charge in [-0.25, -0.2) is 0 Å². The third-order valence-corrected chi connectivity index (χ3v) is 6.88. The number of thiophene rings is 1. The van der Waals surface area contributed by atoms with Crippen molar-refractivity contribution in [2.45, 2.75) is 32.1 Å². The minimum atomic E-state index is -1.01. The molecule has 5 nitrogen and oxygen atoms in total. The molecular weight excluding hydrogens is 406 g/mol.